The van der Waals surface area contributed by atoms with Gasteiger partial charge in [0.1, 0.15) is 0 Å². The summed E-state index contributed by atoms with van der Waals surface area (Å²) in [5.74, 6) is -0.0489. The normalized spacial score (nSPS) is 12.2. The number of carboxylic acids is 1. The second-order valence-electron chi connectivity index (χ2n) is 3.59. The van der Waals surface area contributed by atoms with E-state index in [2.05, 4.69) is 13.8 Å². The van der Waals surface area contributed by atoms with Crippen LogP contribution in [0, 0.1) is 5.92 Å². The van der Waals surface area contributed by atoms with Crippen molar-refractivity contribution in [2.45, 2.75) is 40.0 Å². The zero-order valence-corrected chi connectivity index (χ0v) is 8.13. The van der Waals surface area contributed by atoms with Crippen LogP contribution in [0.5, 0.6) is 0 Å². The molecular formula is C10H18O2. The highest BCUT2D eigenvalue weighted by molar-refractivity contribution is 5.69. The topological polar surface area (TPSA) is 37.3 Å². The Morgan fingerprint density at radius 2 is 2.08 bits per heavy atom. The van der Waals surface area contributed by atoms with Crippen LogP contribution in [-0.4, -0.2) is 11.1 Å². The molecule has 0 aromatic heterocycles. The average molecular weight is 170 g/mol. The van der Waals surface area contributed by atoms with Crippen LogP contribution in [-0.2, 0) is 4.79 Å². The molecule has 2 heteroatoms. The fraction of sp³-hybridized carbons (Fsp3) is 0.700. The van der Waals surface area contributed by atoms with Crippen molar-refractivity contribution in [3.05, 3.63) is 11.6 Å². The lowest BCUT2D eigenvalue weighted by Gasteiger charge is -2.00. The van der Waals surface area contributed by atoms with E-state index in [1.165, 1.54) is 0 Å². The van der Waals surface area contributed by atoms with Gasteiger partial charge in [-0.15, -0.1) is 0 Å². The molecule has 0 atom stereocenters. The molecule has 12 heavy (non-hydrogen) atoms. The van der Waals surface area contributed by atoms with Gasteiger partial charge in [0.25, 0.3) is 0 Å². The van der Waals surface area contributed by atoms with Gasteiger partial charge in [-0.1, -0.05) is 25.5 Å². The Morgan fingerprint density at radius 1 is 1.50 bits per heavy atom. The van der Waals surface area contributed by atoms with Crippen LogP contribution < -0.4 is 0 Å². The van der Waals surface area contributed by atoms with Crippen molar-refractivity contribution < 1.29 is 9.90 Å². The molecule has 0 heterocycles. The summed E-state index contributed by atoms with van der Waals surface area (Å²) in [5, 5.41) is 8.45. The number of rotatable bonds is 5. The Balaban J connectivity index is 3.62. The molecule has 0 radical (unpaired) electrons. The molecule has 0 fully saturated rings. The molecule has 0 aliphatic carbocycles. The number of hydrogen-bond donors (Lipinski definition) is 1. The first-order valence-corrected chi connectivity index (χ1v) is 4.39. The number of hydrogen-bond acceptors (Lipinski definition) is 1. The van der Waals surface area contributed by atoms with Gasteiger partial charge in [0, 0.05) is 0 Å². The van der Waals surface area contributed by atoms with Crippen molar-refractivity contribution in [1.29, 1.82) is 0 Å². The van der Waals surface area contributed by atoms with E-state index < -0.39 is 5.97 Å². The first kappa shape index (κ1) is 11.2. The van der Waals surface area contributed by atoms with Gasteiger partial charge in [-0.3, -0.25) is 4.79 Å². The standard InChI is InChI=1S/C10H18O2/c1-8(2)5-4-6-9(3)7-10(11)12/h6,8H,4-5,7H2,1-3H3,(H,11,12). The van der Waals surface area contributed by atoms with Gasteiger partial charge in [0.05, 0.1) is 6.42 Å². The second-order valence-corrected chi connectivity index (χ2v) is 3.59. The molecule has 2 nitrogen and oxygen atoms in total. The van der Waals surface area contributed by atoms with E-state index in [0.717, 1.165) is 18.4 Å². The molecule has 0 aromatic rings. The van der Waals surface area contributed by atoms with Crippen LogP contribution in [0.2, 0.25) is 0 Å². The largest absolute Gasteiger partial charge is 0.481 e. The molecule has 0 amide bonds. The van der Waals surface area contributed by atoms with E-state index in [0.29, 0.717) is 5.92 Å². The van der Waals surface area contributed by atoms with Crippen molar-refractivity contribution in [2.75, 3.05) is 0 Å². The lowest BCUT2D eigenvalue weighted by Crippen LogP contribution is -1.95. The predicted molar refractivity (Wildman–Crippen MR) is 50.1 cm³/mol. The zero-order chi connectivity index (χ0) is 9.56. The summed E-state index contributed by atoms with van der Waals surface area (Å²) in [6.07, 6.45) is 4.33. The van der Waals surface area contributed by atoms with E-state index >= 15 is 0 Å². The quantitative estimate of drug-likeness (QED) is 0.644. The molecular weight excluding hydrogens is 152 g/mol. The average Bonchev–Trinajstić information content (AvgIpc) is 1.84. The van der Waals surface area contributed by atoms with Gasteiger partial charge >= 0.3 is 5.97 Å². The Labute approximate surface area is 74.3 Å². The number of carbonyl (C=O) groups is 1. The van der Waals surface area contributed by atoms with E-state index in [9.17, 15) is 4.79 Å². The molecule has 0 bridgehead atoms. The van der Waals surface area contributed by atoms with E-state index in [4.69, 9.17) is 5.11 Å². The minimum atomic E-state index is -0.742. The Bertz CT molecular complexity index is 169. The molecule has 1 N–H and O–H groups in total. The summed E-state index contributed by atoms with van der Waals surface area (Å²) in [6.45, 7) is 6.20. The van der Waals surface area contributed by atoms with Gasteiger partial charge in [-0.2, -0.15) is 0 Å². The molecule has 0 unspecified atom stereocenters. The van der Waals surface area contributed by atoms with Crippen LogP contribution in [0.15, 0.2) is 11.6 Å². The Hall–Kier alpha value is -0.790. The summed E-state index contributed by atoms with van der Waals surface area (Å²) in [7, 11) is 0. The van der Waals surface area contributed by atoms with E-state index in [1.54, 1.807) is 0 Å². The number of aliphatic carboxylic acids is 1. The smallest absolute Gasteiger partial charge is 0.307 e. The molecule has 70 valence electrons. The molecule has 0 spiro atoms. The molecule has 0 rings (SSSR count). The van der Waals surface area contributed by atoms with Crippen molar-refractivity contribution >= 4 is 5.97 Å². The van der Waals surface area contributed by atoms with Crippen LogP contribution in [0.1, 0.15) is 40.0 Å². The number of allylic oxidation sites excluding steroid dienone is 1. The maximum Gasteiger partial charge on any atom is 0.307 e. The van der Waals surface area contributed by atoms with Crippen LogP contribution in [0.4, 0.5) is 0 Å². The summed E-state index contributed by atoms with van der Waals surface area (Å²) in [5.41, 5.74) is 0.961. The third-order valence-corrected chi connectivity index (χ3v) is 1.67. The molecule has 0 aromatic carbocycles. The maximum atomic E-state index is 10.3. The van der Waals surface area contributed by atoms with Crippen molar-refractivity contribution in [1.82, 2.24) is 0 Å². The lowest BCUT2D eigenvalue weighted by atomic mass is 10.1. The summed E-state index contributed by atoms with van der Waals surface area (Å²) < 4.78 is 0. The van der Waals surface area contributed by atoms with Gasteiger partial charge in [0.2, 0.25) is 0 Å². The lowest BCUT2D eigenvalue weighted by molar-refractivity contribution is -0.136. The Kier molecular flexibility index (Phi) is 5.43. The van der Waals surface area contributed by atoms with Crippen LogP contribution in [0.25, 0.3) is 0 Å². The van der Waals surface area contributed by atoms with Crippen molar-refractivity contribution in [3.63, 3.8) is 0 Å². The van der Waals surface area contributed by atoms with E-state index in [1.807, 2.05) is 13.0 Å². The first-order valence-electron chi connectivity index (χ1n) is 4.39. The summed E-state index contributed by atoms with van der Waals surface area (Å²) in [6, 6.07) is 0. The van der Waals surface area contributed by atoms with Crippen molar-refractivity contribution in [3.8, 4) is 0 Å². The fourth-order valence-electron chi connectivity index (χ4n) is 0.974. The molecule has 0 saturated heterocycles. The predicted octanol–water partition coefficient (Wildman–Crippen LogP) is 2.84. The number of carboxylic acid groups (broad SMARTS) is 1. The highest BCUT2D eigenvalue weighted by Gasteiger charge is 1.97. The second kappa shape index (κ2) is 5.81. The van der Waals surface area contributed by atoms with Gasteiger partial charge < -0.3 is 5.11 Å². The van der Waals surface area contributed by atoms with Crippen molar-refractivity contribution in [2.24, 2.45) is 5.92 Å². The molecule has 0 saturated carbocycles. The molecule has 0 aliphatic rings. The highest BCUT2D eigenvalue weighted by Crippen LogP contribution is 2.08. The van der Waals surface area contributed by atoms with E-state index in [-0.39, 0.29) is 6.42 Å². The fourth-order valence-corrected chi connectivity index (χ4v) is 0.974. The molecule has 0 aliphatic heterocycles. The minimum absolute atomic E-state index is 0.179. The SMILES string of the molecule is CC(=CCCC(C)C)CC(=O)O. The monoisotopic (exact) mass is 170 g/mol. The van der Waals surface area contributed by atoms with Crippen LogP contribution in [0.3, 0.4) is 0 Å². The summed E-state index contributed by atoms with van der Waals surface area (Å²) in [4.78, 5) is 10.3. The van der Waals surface area contributed by atoms with Crippen LogP contribution >= 0.6 is 0 Å². The minimum Gasteiger partial charge on any atom is -0.481 e. The third-order valence-electron chi connectivity index (χ3n) is 1.67. The zero-order valence-electron chi connectivity index (χ0n) is 8.13. The van der Waals surface area contributed by atoms with Gasteiger partial charge in [-0.25, -0.2) is 0 Å². The maximum absolute atomic E-state index is 10.3. The summed E-state index contributed by atoms with van der Waals surface area (Å²) >= 11 is 0. The highest BCUT2D eigenvalue weighted by atomic mass is 16.4. The Morgan fingerprint density at radius 3 is 2.50 bits per heavy atom. The van der Waals surface area contributed by atoms with Gasteiger partial charge in [0.15, 0.2) is 0 Å². The third kappa shape index (κ3) is 7.32. The van der Waals surface area contributed by atoms with Gasteiger partial charge in [-0.05, 0) is 25.7 Å². The first-order chi connectivity index (χ1) is 5.52.